The second-order valence-electron chi connectivity index (χ2n) is 5.63. The van der Waals surface area contributed by atoms with Crippen LogP contribution in [0.1, 0.15) is 17.3 Å². The molecular formula is C15H19FN2O2. The number of halogens is 1. The Morgan fingerprint density at radius 3 is 2.95 bits per heavy atom. The van der Waals surface area contributed by atoms with Gasteiger partial charge in [0.2, 0.25) is 0 Å². The van der Waals surface area contributed by atoms with Crippen molar-refractivity contribution in [2.24, 2.45) is 11.8 Å². The smallest absolute Gasteiger partial charge is 0.254 e. The van der Waals surface area contributed by atoms with Crippen molar-refractivity contribution in [3.8, 4) is 5.75 Å². The van der Waals surface area contributed by atoms with Gasteiger partial charge in [-0.25, -0.2) is 4.39 Å². The molecule has 3 atom stereocenters. The van der Waals surface area contributed by atoms with Crippen molar-refractivity contribution in [1.82, 2.24) is 10.2 Å². The number of benzene rings is 1. The molecule has 0 spiro atoms. The topological polar surface area (TPSA) is 41.6 Å². The van der Waals surface area contributed by atoms with E-state index >= 15 is 0 Å². The standard InChI is InChI=1S/C15H19FN2O2/c1-9-12-7-17-6-11(12)8-18(9)15(19)10-3-4-13(16)14(5-10)20-2/h3-5,9,11-12,17H,6-8H2,1-2H3. The van der Waals surface area contributed by atoms with E-state index in [2.05, 4.69) is 12.2 Å². The van der Waals surface area contributed by atoms with Crippen molar-refractivity contribution < 1.29 is 13.9 Å². The Bertz CT molecular complexity index is 535. The fraction of sp³-hybridized carbons (Fsp3) is 0.533. The summed E-state index contributed by atoms with van der Waals surface area (Å²) in [7, 11) is 1.40. The number of hydrogen-bond acceptors (Lipinski definition) is 3. The van der Waals surface area contributed by atoms with E-state index in [1.165, 1.54) is 25.3 Å². The first-order valence-electron chi connectivity index (χ1n) is 6.97. The minimum absolute atomic E-state index is 0.0369. The fourth-order valence-corrected chi connectivity index (χ4v) is 3.39. The van der Waals surface area contributed by atoms with Crippen LogP contribution < -0.4 is 10.1 Å². The molecule has 0 aliphatic carbocycles. The average molecular weight is 278 g/mol. The quantitative estimate of drug-likeness (QED) is 0.891. The number of hydrogen-bond donors (Lipinski definition) is 1. The average Bonchev–Trinajstić information content (AvgIpc) is 3.02. The summed E-state index contributed by atoms with van der Waals surface area (Å²) in [5, 5.41) is 3.37. The number of carbonyl (C=O) groups is 1. The molecule has 3 unspecified atom stereocenters. The van der Waals surface area contributed by atoms with Crippen LogP contribution in [0.5, 0.6) is 5.75 Å². The van der Waals surface area contributed by atoms with Crippen molar-refractivity contribution in [2.45, 2.75) is 13.0 Å². The third-order valence-electron chi connectivity index (χ3n) is 4.59. The Hall–Kier alpha value is -1.62. The molecule has 2 saturated heterocycles. The minimum Gasteiger partial charge on any atom is -0.494 e. The molecule has 20 heavy (non-hydrogen) atoms. The second kappa shape index (κ2) is 5.05. The van der Waals surface area contributed by atoms with Gasteiger partial charge in [-0.15, -0.1) is 0 Å². The summed E-state index contributed by atoms with van der Waals surface area (Å²) in [6.07, 6.45) is 0. The highest BCUT2D eigenvalue weighted by atomic mass is 19.1. The van der Waals surface area contributed by atoms with Crippen LogP contribution >= 0.6 is 0 Å². The van der Waals surface area contributed by atoms with Gasteiger partial charge in [-0.05, 0) is 37.0 Å². The Labute approximate surface area is 117 Å². The number of methoxy groups -OCH3 is 1. The summed E-state index contributed by atoms with van der Waals surface area (Å²) < 4.78 is 18.4. The van der Waals surface area contributed by atoms with E-state index in [9.17, 15) is 9.18 Å². The first-order chi connectivity index (χ1) is 9.61. The van der Waals surface area contributed by atoms with E-state index in [1.807, 2.05) is 4.90 Å². The largest absolute Gasteiger partial charge is 0.494 e. The van der Waals surface area contributed by atoms with Gasteiger partial charge in [0.25, 0.3) is 5.91 Å². The molecule has 5 heteroatoms. The third kappa shape index (κ3) is 2.06. The molecule has 0 radical (unpaired) electrons. The third-order valence-corrected chi connectivity index (χ3v) is 4.59. The highest BCUT2D eigenvalue weighted by Gasteiger charge is 2.43. The highest BCUT2D eigenvalue weighted by Crippen LogP contribution is 2.33. The molecule has 0 aromatic heterocycles. The summed E-state index contributed by atoms with van der Waals surface area (Å²) in [6.45, 7) is 4.82. The molecule has 2 aliphatic rings. The molecule has 0 saturated carbocycles. The van der Waals surface area contributed by atoms with E-state index in [0.717, 1.165) is 19.6 Å². The molecule has 0 bridgehead atoms. The highest BCUT2D eigenvalue weighted by molar-refractivity contribution is 5.95. The summed E-state index contributed by atoms with van der Waals surface area (Å²) in [5.41, 5.74) is 0.489. The van der Waals surface area contributed by atoms with Gasteiger partial charge >= 0.3 is 0 Å². The maximum Gasteiger partial charge on any atom is 0.254 e. The lowest BCUT2D eigenvalue weighted by Gasteiger charge is -2.24. The van der Waals surface area contributed by atoms with Gasteiger partial charge in [-0.2, -0.15) is 0 Å². The van der Waals surface area contributed by atoms with E-state index in [0.29, 0.717) is 17.4 Å². The molecule has 1 aromatic rings. The Balaban J connectivity index is 1.82. The summed E-state index contributed by atoms with van der Waals surface area (Å²) in [4.78, 5) is 14.5. The summed E-state index contributed by atoms with van der Waals surface area (Å²) >= 11 is 0. The normalized spacial score (nSPS) is 28.6. The van der Waals surface area contributed by atoms with Crippen molar-refractivity contribution in [1.29, 1.82) is 0 Å². The van der Waals surface area contributed by atoms with Gasteiger partial charge in [0.1, 0.15) is 0 Å². The van der Waals surface area contributed by atoms with Crippen LogP contribution in [0.15, 0.2) is 18.2 Å². The lowest BCUT2D eigenvalue weighted by molar-refractivity contribution is 0.0728. The number of nitrogens with one attached hydrogen (secondary N) is 1. The lowest BCUT2D eigenvalue weighted by atomic mass is 9.95. The molecule has 2 aliphatic heterocycles. The Morgan fingerprint density at radius 2 is 2.25 bits per heavy atom. The van der Waals surface area contributed by atoms with Gasteiger partial charge in [0.15, 0.2) is 11.6 Å². The zero-order valence-electron chi connectivity index (χ0n) is 11.7. The number of fused-ring (bicyclic) bond motifs is 1. The van der Waals surface area contributed by atoms with Crippen molar-refractivity contribution in [2.75, 3.05) is 26.7 Å². The van der Waals surface area contributed by atoms with Crippen molar-refractivity contribution in [3.05, 3.63) is 29.6 Å². The van der Waals surface area contributed by atoms with Crippen LogP contribution in [-0.2, 0) is 0 Å². The molecule has 3 rings (SSSR count). The van der Waals surface area contributed by atoms with Gasteiger partial charge < -0.3 is 15.0 Å². The number of ether oxygens (including phenoxy) is 1. The zero-order valence-corrected chi connectivity index (χ0v) is 11.7. The maximum atomic E-state index is 13.4. The van der Waals surface area contributed by atoms with Gasteiger partial charge in [0, 0.05) is 31.2 Å². The maximum absolute atomic E-state index is 13.4. The van der Waals surface area contributed by atoms with Gasteiger partial charge in [-0.1, -0.05) is 0 Å². The number of likely N-dealkylation sites (tertiary alicyclic amines) is 1. The van der Waals surface area contributed by atoms with E-state index in [-0.39, 0.29) is 17.7 Å². The minimum atomic E-state index is -0.445. The number of carbonyl (C=O) groups excluding carboxylic acids is 1. The molecule has 4 nitrogen and oxygen atoms in total. The summed E-state index contributed by atoms with van der Waals surface area (Å²) in [6, 6.07) is 4.52. The van der Waals surface area contributed by atoms with E-state index in [4.69, 9.17) is 4.74 Å². The van der Waals surface area contributed by atoms with Gasteiger partial charge in [0.05, 0.1) is 7.11 Å². The molecule has 1 aromatic carbocycles. The molecule has 1 amide bonds. The van der Waals surface area contributed by atoms with Crippen molar-refractivity contribution >= 4 is 5.91 Å². The Morgan fingerprint density at radius 1 is 1.45 bits per heavy atom. The molecule has 2 fully saturated rings. The van der Waals surface area contributed by atoms with Crippen LogP contribution in [0.4, 0.5) is 4.39 Å². The van der Waals surface area contributed by atoms with Crippen molar-refractivity contribution in [3.63, 3.8) is 0 Å². The van der Waals surface area contributed by atoms with E-state index < -0.39 is 5.82 Å². The zero-order chi connectivity index (χ0) is 14.3. The van der Waals surface area contributed by atoms with Crippen LogP contribution in [0.25, 0.3) is 0 Å². The first-order valence-corrected chi connectivity index (χ1v) is 6.97. The van der Waals surface area contributed by atoms with Crippen LogP contribution in [-0.4, -0.2) is 43.6 Å². The van der Waals surface area contributed by atoms with E-state index in [1.54, 1.807) is 0 Å². The SMILES string of the molecule is COc1cc(C(=O)N2CC3CNCC3C2C)ccc1F. The summed E-state index contributed by atoms with van der Waals surface area (Å²) in [5.74, 6) is 0.701. The molecule has 108 valence electrons. The Kier molecular flexibility index (Phi) is 3.38. The number of nitrogens with zero attached hydrogens (tertiary/aromatic N) is 1. The second-order valence-corrected chi connectivity index (χ2v) is 5.63. The molecular weight excluding hydrogens is 259 g/mol. The predicted molar refractivity (Wildman–Crippen MR) is 73.3 cm³/mol. The number of rotatable bonds is 2. The molecule has 2 heterocycles. The fourth-order valence-electron chi connectivity index (χ4n) is 3.39. The number of amides is 1. The predicted octanol–water partition coefficient (Wildman–Crippen LogP) is 1.51. The first kappa shape index (κ1) is 13.4. The van der Waals surface area contributed by atoms with Crippen LogP contribution in [0.3, 0.4) is 0 Å². The molecule has 1 N–H and O–H groups in total. The van der Waals surface area contributed by atoms with Crippen LogP contribution in [0, 0.1) is 17.7 Å². The monoisotopic (exact) mass is 278 g/mol. The van der Waals surface area contributed by atoms with Crippen LogP contribution in [0.2, 0.25) is 0 Å². The lowest BCUT2D eigenvalue weighted by Crippen LogP contribution is -2.38. The van der Waals surface area contributed by atoms with Gasteiger partial charge in [-0.3, -0.25) is 4.79 Å².